The number of hydrogen-bond donors (Lipinski definition) is 2. The number of thiophene rings is 1. The normalized spacial score (nSPS) is 13.6. The number of para-hydroxylation sites is 1. The minimum absolute atomic E-state index is 0.223. The Morgan fingerprint density at radius 2 is 1.91 bits per heavy atom. The summed E-state index contributed by atoms with van der Waals surface area (Å²) in [5.41, 5.74) is 6.14. The molecule has 5 nitrogen and oxygen atoms in total. The van der Waals surface area contributed by atoms with Crippen LogP contribution in [-0.2, 0) is 6.54 Å². The lowest BCUT2D eigenvalue weighted by atomic mass is 10.2. The molecule has 1 aliphatic rings. The molecular formula is C17H18N2O3S. The number of ether oxygens (including phenoxy) is 1. The second-order valence-electron chi connectivity index (χ2n) is 5.57. The lowest BCUT2D eigenvalue weighted by molar-refractivity contribution is 0.0953. The maximum atomic E-state index is 12.1. The molecule has 1 heterocycles. The average molecular weight is 330 g/mol. The van der Waals surface area contributed by atoms with Crippen LogP contribution in [0.4, 0.5) is 0 Å². The topological polar surface area (TPSA) is 81.4 Å². The summed E-state index contributed by atoms with van der Waals surface area (Å²) in [6.45, 7) is 1.11. The first-order chi connectivity index (χ1) is 11.1. The zero-order chi connectivity index (χ0) is 16.2. The maximum absolute atomic E-state index is 12.1. The van der Waals surface area contributed by atoms with Gasteiger partial charge in [-0.25, -0.2) is 0 Å². The Morgan fingerprint density at radius 1 is 1.17 bits per heavy atom. The molecule has 3 rings (SSSR count). The van der Waals surface area contributed by atoms with E-state index >= 15 is 0 Å². The van der Waals surface area contributed by atoms with Gasteiger partial charge in [0.15, 0.2) is 0 Å². The molecule has 0 unspecified atom stereocenters. The van der Waals surface area contributed by atoms with Gasteiger partial charge in [0.25, 0.3) is 11.8 Å². The number of amides is 2. The van der Waals surface area contributed by atoms with E-state index in [-0.39, 0.29) is 5.91 Å². The van der Waals surface area contributed by atoms with Gasteiger partial charge in [-0.1, -0.05) is 18.2 Å². The first kappa shape index (κ1) is 15.6. The van der Waals surface area contributed by atoms with E-state index < -0.39 is 5.91 Å². The number of rotatable bonds is 7. The molecule has 2 amide bonds. The lowest BCUT2D eigenvalue weighted by Gasteiger charge is -2.11. The van der Waals surface area contributed by atoms with Crippen LogP contribution in [0.3, 0.4) is 0 Å². The van der Waals surface area contributed by atoms with E-state index in [1.165, 1.54) is 12.8 Å². The maximum Gasteiger partial charge on any atom is 0.261 e. The molecule has 2 aromatic rings. The highest BCUT2D eigenvalue weighted by molar-refractivity contribution is 7.15. The average Bonchev–Trinajstić information content (AvgIpc) is 3.24. The highest BCUT2D eigenvalue weighted by atomic mass is 32.1. The molecule has 23 heavy (non-hydrogen) atoms. The van der Waals surface area contributed by atoms with E-state index in [9.17, 15) is 9.59 Å². The third-order valence-electron chi connectivity index (χ3n) is 3.66. The fourth-order valence-corrected chi connectivity index (χ4v) is 2.91. The van der Waals surface area contributed by atoms with Crippen LogP contribution in [0.2, 0.25) is 0 Å². The summed E-state index contributed by atoms with van der Waals surface area (Å²) < 4.78 is 5.82. The Bertz CT molecular complexity index is 722. The minimum atomic E-state index is -0.520. The molecule has 0 saturated heterocycles. The molecule has 1 aromatic heterocycles. The summed E-state index contributed by atoms with van der Waals surface area (Å²) in [6.07, 6.45) is 2.47. The first-order valence-corrected chi connectivity index (χ1v) is 8.33. The Labute approximate surface area is 138 Å². The number of primary amides is 1. The fourth-order valence-electron chi connectivity index (χ4n) is 2.14. The summed E-state index contributed by atoms with van der Waals surface area (Å²) >= 11 is 1.09. The Balaban J connectivity index is 1.60. The van der Waals surface area contributed by atoms with Crippen molar-refractivity contribution in [1.82, 2.24) is 5.32 Å². The van der Waals surface area contributed by atoms with Gasteiger partial charge in [-0.15, -0.1) is 11.3 Å². The first-order valence-electron chi connectivity index (χ1n) is 7.52. The van der Waals surface area contributed by atoms with Crippen molar-refractivity contribution < 1.29 is 14.3 Å². The van der Waals surface area contributed by atoms with E-state index in [1.807, 2.05) is 24.3 Å². The van der Waals surface area contributed by atoms with Crippen molar-refractivity contribution in [3.05, 3.63) is 51.7 Å². The summed E-state index contributed by atoms with van der Waals surface area (Å²) in [5.74, 6) is 0.743. The van der Waals surface area contributed by atoms with E-state index in [2.05, 4.69) is 5.32 Å². The van der Waals surface area contributed by atoms with Crippen molar-refractivity contribution in [3.63, 3.8) is 0 Å². The smallest absolute Gasteiger partial charge is 0.261 e. The van der Waals surface area contributed by atoms with Crippen molar-refractivity contribution in [3.8, 4) is 5.75 Å². The SMILES string of the molecule is NC(=O)c1ccc(C(=O)NCc2ccccc2OCC2CC2)s1. The lowest BCUT2D eigenvalue weighted by Crippen LogP contribution is -2.22. The summed E-state index contributed by atoms with van der Waals surface area (Å²) in [5, 5.41) is 2.85. The van der Waals surface area contributed by atoms with Crippen LogP contribution in [0.5, 0.6) is 5.75 Å². The monoisotopic (exact) mass is 330 g/mol. The van der Waals surface area contributed by atoms with E-state index in [1.54, 1.807) is 12.1 Å². The molecule has 120 valence electrons. The van der Waals surface area contributed by atoms with Crippen LogP contribution < -0.4 is 15.8 Å². The highest BCUT2D eigenvalue weighted by Gasteiger charge is 2.22. The van der Waals surface area contributed by atoms with Gasteiger partial charge < -0.3 is 15.8 Å². The van der Waals surface area contributed by atoms with Gasteiger partial charge in [0.1, 0.15) is 5.75 Å². The second-order valence-corrected chi connectivity index (χ2v) is 6.66. The zero-order valence-electron chi connectivity index (χ0n) is 12.6. The van der Waals surface area contributed by atoms with Crippen molar-refractivity contribution in [2.75, 3.05) is 6.61 Å². The number of benzene rings is 1. The van der Waals surface area contributed by atoms with Crippen LogP contribution in [0.25, 0.3) is 0 Å². The third kappa shape index (κ3) is 4.10. The fraction of sp³-hybridized carbons (Fsp3) is 0.294. The van der Waals surface area contributed by atoms with Crippen LogP contribution >= 0.6 is 11.3 Å². The van der Waals surface area contributed by atoms with Crippen LogP contribution in [0.15, 0.2) is 36.4 Å². The van der Waals surface area contributed by atoms with Gasteiger partial charge in [-0.2, -0.15) is 0 Å². The molecule has 1 aromatic carbocycles. The minimum Gasteiger partial charge on any atom is -0.493 e. The van der Waals surface area contributed by atoms with Gasteiger partial charge in [-0.05, 0) is 37.0 Å². The standard InChI is InChI=1S/C17H18N2O3S/c18-16(20)14-7-8-15(23-14)17(21)19-9-12-3-1-2-4-13(12)22-10-11-5-6-11/h1-4,7-8,11H,5-6,9-10H2,(H2,18,20)(H,19,21). The van der Waals surface area contributed by atoms with E-state index in [4.69, 9.17) is 10.5 Å². The molecule has 0 radical (unpaired) electrons. The highest BCUT2D eigenvalue weighted by Crippen LogP contribution is 2.30. The van der Waals surface area contributed by atoms with E-state index in [0.29, 0.717) is 22.2 Å². The number of hydrogen-bond acceptors (Lipinski definition) is 4. The summed E-state index contributed by atoms with van der Waals surface area (Å²) in [7, 11) is 0. The summed E-state index contributed by atoms with van der Waals surface area (Å²) in [4.78, 5) is 24.1. The summed E-state index contributed by atoms with van der Waals surface area (Å²) in [6, 6.07) is 10.9. The van der Waals surface area contributed by atoms with Crippen LogP contribution in [-0.4, -0.2) is 18.4 Å². The largest absolute Gasteiger partial charge is 0.493 e. The molecule has 0 bridgehead atoms. The molecule has 1 fully saturated rings. The predicted octanol–water partition coefficient (Wildman–Crippen LogP) is 2.57. The second kappa shape index (κ2) is 6.83. The predicted molar refractivity (Wildman–Crippen MR) is 88.7 cm³/mol. The quantitative estimate of drug-likeness (QED) is 0.818. The van der Waals surface area contributed by atoms with E-state index in [0.717, 1.165) is 29.3 Å². The molecular weight excluding hydrogens is 312 g/mol. The number of nitrogens with two attached hydrogens (primary N) is 1. The number of carbonyl (C=O) groups excluding carboxylic acids is 2. The molecule has 0 spiro atoms. The van der Waals surface area contributed by atoms with Crippen molar-refractivity contribution in [2.45, 2.75) is 19.4 Å². The molecule has 3 N–H and O–H groups in total. The zero-order valence-corrected chi connectivity index (χ0v) is 13.4. The van der Waals surface area contributed by atoms with Gasteiger partial charge >= 0.3 is 0 Å². The molecule has 0 aliphatic heterocycles. The van der Waals surface area contributed by atoms with Crippen LogP contribution in [0, 0.1) is 5.92 Å². The molecule has 6 heteroatoms. The van der Waals surface area contributed by atoms with Gasteiger partial charge in [-0.3, -0.25) is 9.59 Å². The Kier molecular flexibility index (Phi) is 4.62. The molecule has 0 atom stereocenters. The van der Waals surface area contributed by atoms with Crippen LogP contribution in [0.1, 0.15) is 37.7 Å². The van der Waals surface area contributed by atoms with Gasteiger partial charge in [0.05, 0.1) is 16.4 Å². The van der Waals surface area contributed by atoms with Crippen molar-refractivity contribution >= 4 is 23.2 Å². The number of carbonyl (C=O) groups is 2. The van der Waals surface area contributed by atoms with Gasteiger partial charge in [0.2, 0.25) is 0 Å². The van der Waals surface area contributed by atoms with Crippen molar-refractivity contribution in [1.29, 1.82) is 0 Å². The Morgan fingerprint density at radius 3 is 2.61 bits per heavy atom. The molecule has 1 aliphatic carbocycles. The number of nitrogens with one attached hydrogen (secondary N) is 1. The third-order valence-corrected chi connectivity index (χ3v) is 4.75. The molecule has 1 saturated carbocycles. The van der Waals surface area contributed by atoms with Gasteiger partial charge in [0, 0.05) is 12.1 Å². The van der Waals surface area contributed by atoms with Crippen molar-refractivity contribution in [2.24, 2.45) is 11.7 Å². The Hall–Kier alpha value is -2.34.